The predicted molar refractivity (Wildman–Crippen MR) is 88.7 cm³/mol. The Morgan fingerprint density at radius 3 is 2.30 bits per heavy atom. The van der Waals surface area contributed by atoms with Crippen LogP contribution in [0, 0.1) is 5.41 Å². The van der Waals surface area contributed by atoms with Gasteiger partial charge < -0.3 is 14.8 Å². The first-order chi connectivity index (χ1) is 11.1. The number of hydrogen-bond donors (Lipinski definition) is 1. The minimum absolute atomic E-state index is 0.110. The number of benzene rings is 1. The maximum absolute atomic E-state index is 12.2. The smallest absolute Gasteiger partial charge is 0.226 e. The average molecular weight is 318 g/mol. The molecule has 5 nitrogen and oxygen atoms in total. The molecule has 2 aliphatic heterocycles. The fourth-order valence-electron chi connectivity index (χ4n) is 3.76. The highest BCUT2D eigenvalue weighted by atomic mass is 16.5. The summed E-state index contributed by atoms with van der Waals surface area (Å²) >= 11 is 0. The van der Waals surface area contributed by atoms with Gasteiger partial charge in [0.25, 0.3) is 0 Å². The van der Waals surface area contributed by atoms with Gasteiger partial charge in [-0.2, -0.15) is 0 Å². The molecule has 0 atom stereocenters. The van der Waals surface area contributed by atoms with Crippen LogP contribution in [-0.4, -0.2) is 44.7 Å². The normalized spacial score (nSPS) is 21.0. The van der Waals surface area contributed by atoms with Gasteiger partial charge in [-0.3, -0.25) is 9.69 Å². The van der Waals surface area contributed by atoms with Gasteiger partial charge in [0, 0.05) is 19.2 Å². The molecule has 0 radical (unpaired) electrons. The summed E-state index contributed by atoms with van der Waals surface area (Å²) < 4.78 is 10.7. The molecule has 0 aromatic heterocycles. The number of rotatable bonds is 4. The van der Waals surface area contributed by atoms with Crippen molar-refractivity contribution in [2.24, 2.45) is 5.41 Å². The van der Waals surface area contributed by atoms with E-state index in [-0.39, 0.29) is 11.3 Å². The van der Waals surface area contributed by atoms with E-state index in [1.54, 1.807) is 14.2 Å². The summed E-state index contributed by atoms with van der Waals surface area (Å²) in [5.41, 5.74) is 1.08. The predicted octanol–water partition coefficient (Wildman–Crippen LogP) is 2.20. The number of carbonyl (C=O) groups excluding carboxylic acids is 1. The molecule has 0 bridgehead atoms. The molecule has 1 spiro atoms. The van der Waals surface area contributed by atoms with E-state index in [0.29, 0.717) is 0 Å². The first-order valence-electron chi connectivity index (χ1n) is 8.38. The van der Waals surface area contributed by atoms with Gasteiger partial charge in [-0.15, -0.1) is 0 Å². The van der Waals surface area contributed by atoms with Crippen LogP contribution in [-0.2, 0) is 11.3 Å². The average Bonchev–Trinajstić information content (AvgIpc) is 2.59. The summed E-state index contributed by atoms with van der Waals surface area (Å²) in [6, 6.07) is 6.00. The molecule has 2 aliphatic rings. The van der Waals surface area contributed by atoms with Gasteiger partial charge >= 0.3 is 0 Å². The zero-order valence-electron chi connectivity index (χ0n) is 14.1. The lowest BCUT2D eigenvalue weighted by molar-refractivity contribution is -0.136. The largest absolute Gasteiger partial charge is 0.497 e. The van der Waals surface area contributed by atoms with Gasteiger partial charge in [-0.05, 0) is 56.5 Å². The fraction of sp³-hybridized carbons (Fsp3) is 0.611. The SMILES string of the molecule is COc1cc(CN2CCC3(CCCNC3=O)CC2)cc(OC)c1. The van der Waals surface area contributed by atoms with Crippen molar-refractivity contribution in [1.29, 1.82) is 0 Å². The Kier molecular flexibility index (Phi) is 4.76. The van der Waals surface area contributed by atoms with Gasteiger partial charge in [0.1, 0.15) is 11.5 Å². The second kappa shape index (κ2) is 6.79. The van der Waals surface area contributed by atoms with E-state index in [2.05, 4.69) is 22.3 Å². The molecule has 1 aromatic rings. The number of amides is 1. The molecule has 23 heavy (non-hydrogen) atoms. The monoisotopic (exact) mass is 318 g/mol. The van der Waals surface area contributed by atoms with E-state index < -0.39 is 0 Å². The van der Waals surface area contributed by atoms with Crippen molar-refractivity contribution < 1.29 is 14.3 Å². The van der Waals surface area contributed by atoms with Gasteiger partial charge in [0.15, 0.2) is 0 Å². The van der Waals surface area contributed by atoms with Crippen molar-refractivity contribution in [3.63, 3.8) is 0 Å². The quantitative estimate of drug-likeness (QED) is 0.925. The van der Waals surface area contributed by atoms with Crippen LogP contribution in [0.4, 0.5) is 0 Å². The van der Waals surface area contributed by atoms with E-state index in [9.17, 15) is 4.79 Å². The third-order valence-electron chi connectivity index (χ3n) is 5.23. The number of methoxy groups -OCH3 is 2. The van der Waals surface area contributed by atoms with E-state index in [1.807, 2.05) is 6.07 Å². The van der Waals surface area contributed by atoms with Crippen LogP contribution in [0.1, 0.15) is 31.2 Å². The summed E-state index contributed by atoms with van der Waals surface area (Å²) in [6.45, 7) is 3.64. The van der Waals surface area contributed by atoms with Gasteiger partial charge in [0.2, 0.25) is 5.91 Å². The number of nitrogens with zero attached hydrogens (tertiary/aromatic N) is 1. The fourth-order valence-corrected chi connectivity index (χ4v) is 3.76. The Hall–Kier alpha value is -1.75. The molecule has 1 aromatic carbocycles. The topological polar surface area (TPSA) is 50.8 Å². The standard InChI is InChI=1S/C18H26N2O3/c1-22-15-10-14(11-16(12-15)23-2)13-20-8-5-18(6-9-20)4-3-7-19-17(18)21/h10-12H,3-9,13H2,1-2H3,(H,19,21). The lowest BCUT2D eigenvalue weighted by Gasteiger charge is -2.42. The zero-order chi connectivity index (χ0) is 16.3. The van der Waals surface area contributed by atoms with Gasteiger partial charge in [0.05, 0.1) is 19.6 Å². The number of hydrogen-bond acceptors (Lipinski definition) is 4. The number of carbonyl (C=O) groups is 1. The number of nitrogens with one attached hydrogen (secondary N) is 1. The molecule has 0 unspecified atom stereocenters. The first-order valence-corrected chi connectivity index (χ1v) is 8.38. The van der Waals surface area contributed by atoms with E-state index in [4.69, 9.17) is 9.47 Å². The summed E-state index contributed by atoms with van der Waals surface area (Å²) in [4.78, 5) is 14.7. The summed E-state index contributed by atoms with van der Waals surface area (Å²) in [7, 11) is 3.34. The van der Waals surface area contributed by atoms with E-state index >= 15 is 0 Å². The maximum atomic E-state index is 12.2. The number of ether oxygens (including phenoxy) is 2. The highest BCUT2D eigenvalue weighted by Gasteiger charge is 2.42. The Morgan fingerprint density at radius 2 is 1.74 bits per heavy atom. The molecule has 2 heterocycles. The summed E-state index contributed by atoms with van der Waals surface area (Å²) in [5, 5.41) is 3.05. The molecular formula is C18H26N2O3. The molecule has 3 rings (SSSR count). The van der Waals surface area contributed by atoms with Crippen molar-refractivity contribution in [3.05, 3.63) is 23.8 Å². The first kappa shape index (κ1) is 16.1. The molecule has 0 saturated carbocycles. The van der Waals surface area contributed by atoms with Crippen molar-refractivity contribution in [2.45, 2.75) is 32.2 Å². The van der Waals surface area contributed by atoms with Crippen molar-refractivity contribution >= 4 is 5.91 Å². The second-order valence-corrected chi connectivity index (χ2v) is 6.64. The minimum Gasteiger partial charge on any atom is -0.497 e. The van der Waals surface area contributed by atoms with Crippen LogP contribution in [0.25, 0.3) is 0 Å². The highest BCUT2D eigenvalue weighted by Crippen LogP contribution is 2.38. The molecule has 5 heteroatoms. The van der Waals surface area contributed by atoms with Crippen LogP contribution >= 0.6 is 0 Å². The third kappa shape index (κ3) is 3.44. The van der Waals surface area contributed by atoms with Crippen LogP contribution in [0.15, 0.2) is 18.2 Å². The number of likely N-dealkylation sites (tertiary alicyclic amines) is 1. The Labute approximate surface area is 137 Å². The molecule has 1 N–H and O–H groups in total. The van der Waals surface area contributed by atoms with Crippen LogP contribution in [0.5, 0.6) is 11.5 Å². The molecule has 2 fully saturated rings. The molecule has 0 aliphatic carbocycles. The Bertz CT molecular complexity index is 543. The second-order valence-electron chi connectivity index (χ2n) is 6.64. The van der Waals surface area contributed by atoms with Gasteiger partial charge in [-0.25, -0.2) is 0 Å². The van der Waals surface area contributed by atoms with Gasteiger partial charge in [-0.1, -0.05) is 0 Å². The molecular weight excluding hydrogens is 292 g/mol. The Morgan fingerprint density at radius 1 is 1.09 bits per heavy atom. The van der Waals surface area contributed by atoms with Crippen LogP contribution in [0.3, 0.4) is 0 Å². The van der Waals surface area contributed by atoms with Crippen molar-refractivity contribution in [3.8, 4) is 11.5 Å². The Balaban J connectivity index is 1.63. The molecule has 2 saturated heterocycles. The van der Waals surface area contributed by atoms with Crippen molar-refractivity contribution in [1.82, 2.24) is 10.2 Å². The van der Waals surface area contributed by atoms with Crippen LogP contribution in [0.2, 0.25) is 0 Å². The summed E-state index contributed by atoms with van der Waals surface area (Å²) in [6.07, 6.45) is 4.07. The van der Waals surface area contributed by atoms with Crippen molar-refractivity contribution in [2.75, 3.05) is 33.9 Å². The van der Waals surface area contributed by atoms with E-state index in [1.165, 1.54) is 5.56 Å². The van der Waals surface area contributed by atoms with E-state index in [0.717, 1.165) is 63.4 Å². The highest BCUT2D eigenvalue weighted by molar-refractivity contribution is 5.83. The third-order valence-corrected chi connectivity index (χ3v) is 5.23. The molecule has 1 amide bonds. The van der Waals surface area contributed by atoms with Crippen LogP contribution < -0.4 is 14.8 Å². The zero-order valence-corrected chi connectivity index (χ0v) is 14.1. The minimum atomic E-state index is -0.110. The summed E-state index contributed by atoms with van der Waals surface area (Å²) in [5.74, 6) is 1.91. The molecule has 126 valence electrons. The maximum Gasteiger partial charge on any atom is 0.226 e. The lowest BCUT2D eigenvalue weighted by Crippen LogP contribution is -2.51. The number of piperidine rings is 2. The lowest BCUT2D eigenvalue weighted by atomic mass is 9.72.